The molecule has 220 valence electrons. The first-order valence-electron chi connectivity index (χ1n) is 12.1. The molecule has 1 unspecified atom stereocenters. The van der Waals surface area contributed by atoms with Crippen LogP contribution in [0.1, 0.15) is 30.5 Å². The summed E-state index contributed by atoms with van der Waals surface area (Å²) in [6.45, 7) is 2.68. The number of nitrogens with zero attached hydrogens (tertiary/aromatic N) is 1. The number of rotatable bonds is 7. The molecular weight excluding hydrogens is 608 g/mol. The Kier molecular flexibility index (Phi) is 8.47. The van der Waals surface area contributed by atoms with Crippen LogP contribution >= 0.6 is 11.6 Å². The first kappa shape index (κ1) is 30.8. The van der Waals surface area contributed by atoms with Crippen molar-refractivity contribution in [3.63, 3.8) is 0 Å². The van der Waals surface area contributed by atoms with Crippen LogP contribution in [0.4, 0.5) is 23.2 Å². The van der Waals surface area contributed by atoms with Crippen molar-refractivity contribution in [2.75, 3.05) is 17.1 Å². The van der Waals surface area contributed by atoms with Crippen LogP contribution in [0.2, 0.25) is 5.02 Å². The minimum atomic E-state index is -4.78. The number of allylic oxidation sites excluding steroid dienone is 1. The van der Waals surface area contributed by atoms with Gasteiger partial charge in [-0.15, -0.1) is 0 Å². The lowest BCUT2D eigenvalue weighted by molar-refractivity contribution is -0.137. The summed E-state index contributed by atoms with van der Waals surface area (Å²) in [5, 5.41) is 0.170. The number of alkyl halides is 3. The highest BCUT2D eigenvalue weighted by Crippen LogP contribution is 2.40. The zero-order valence-corrected chi connectivity index (χ0v) is 24.3. The molecule has 0 spiro atoms. The van der Waals surface area contributed by atoms with E-state index in [4.69, 9.17) is 16.3 Å². The van der Waals surface area contributed by atoms with E-state index in [1.807, 2.05) is 0 Å². The van der Waals surface area contributed by atoms with Gasteiger partial charge in [0.1, 0.15) is 17.7 Å². The summed E-state index contributed by atoms with van der Waals surface area (Å²) in [5.74, 6) is -0.505. The van der Waals surface area contributed by atoms with Crippen molar-refractivity contribution in [3.05, 3.63) is 88.2 Å². The molecule has 1 heterocycles. The summed E-state index contributed by atoms with van der Waals surface area (Å²) >= 11 is 6.18. The molecule has 0 saturated carbocycles. The largest absolute Gasteiger partial charge is 0.485 e. The molecule has 1 aliphatic heterocycles. The lowest BCUT2D eigenvalue weighted by Crippen LogP contribution is -2.52. The molecule has 4 rings (SSSR count). The summed E-state index contributed by atoms with van der Waals surface area (Å²) in [6, 6.07) is 11.1. The summed E-state index contributed by atoms with van der Waals surface area (Å²) in [5.41, 5.74) is -0.136. The van der Waals surface area contributed by atoms with E-state index in [-0.39, 0.29) is 22.0 Å². The Hall–Kier alpha value is -3.13. The third-order valence-corrected chi connectivity index (χ3v) is 9.21. The number of halogens is 5. The topological polar surface area (TPSA) is 92.8 Å². The molecule has 2 atom stereocenters. The van der Waals surface area contributed by atoms with Gasteiger partial charge in [0, 0.05) is 5.56 Å². The second-order valence-corrected chi connectivity index (χ2v) is 13.6. The Morgan fingerprint density at radius 2 is 1.78 bits per heavy atom. The molecule has 0 radical (unpaired) electrons. The van der Waals surface area contributed by atoms with Crippen LogP contribution in [-0.4, -0.2) is 41.8 Å². The van der Waals surface area contributed by atoms with E-state index in [1.165, 1.54) is 37.3 Å². The van der Waals surface area contributed by atoms with Gasteiger partial charge in [0.25, 0.3) is 10.0 Å². The third kappa shape index (κ3) is 6.85. The first-order valence-corrected chi connectivity index (χ1v) is 15.8. The van der Waals surface area contributed by atoms with E-state index < -0.39 is 61.2 Å². The van der Waals surface area contributed by atoms with Gasteiger partial charge in [-0.3, -0.25) is 4.31 Å². The molecule has 0 amide bonds. The molecule has 14 heteroatoms. The molecule has 7 nitrogen and oxygen atoms in total. The molecule has 0 fully saturated rings. The maximum absolute atomic E-state index is 14.5. The Morgan fingerprint density at radius 3 is 2.41 bits per heavy atom. The summed E-state index contributed by atoms with van der Waals surface area (Å²) < 4.78 is 115. The van der Waals surface area contributed by atoms with Crippen LogP contribution in [0.3, 0.4) is 0 Å². The molecule has 1 N–H and O–H groups in total. The smallest absolute Gasteiger partial charge is 0.416 e. The fourth-order valence-corrected chi connectivity index (χ4v) is 7.10. The third-order valence-electron chi connectivity index (χ3n) is 6.32. The molecule has 1 aliphatic rings. The molecule has 41 heavy (non-hydrogen) atoms. The Morgan fingerprint density at radius 1 is 1.10 bits per heavy atom. The predicted molar refractivity (Wildman–Crippen MR) is 149 cm³/mol. The quantitative estimate of drug-likeness (QED) is 0.257. The van der Waals surface area contributed by atoms with Crippen LogP contribution < -0.4 is 13.8 Å². The van der Waals surface area contributed by atoms with Gasteiger partial charge >= 0.3 is 6.18 Å². The number of anilines is 1. The molecular formula is C27H25ClF4N2O5S2. The molecule has 0 aliphatic carbocycles. The van der Waals surface area contributed by atoms with Crippen molar-refractivity contribution in [1.82, 2.24) is 4.72 Å². The summed E-state index contributed by atoms with van der Waals surface area (Å²) in [7, 11) is -8.31. The minimum absolute atomic E-state index is 0.00592. The van der Waals surface area contributed by atoms with E-state index >= 15 is 0 Å². The van der Waals surface area contributed by atoms with Crippen molar-refractivity contribution in [3.8, 4) is 5.75 Å². The standard InChI is InChI=1S/C27H25ClF4N2O5S2/c1-16(26-21(28)8-5-9-22(26)29)12-18-10-11-24-23(13-18)34(15-25(39-24)17(2)33-40(3,35)36)41(37,38)20-7-4-6-19(14-20)27(30,31)32/h4-14,17,25,33H,15H2,1-3H3/t17-,25?/m1/s1. The van der Waals surface area contributed by atoms with E-state index in [2.05, 4.69) is 4.72 Å². The van der Waals surface area contributed by atoms with Crippen LogP contribution in [0.15, 0.2) is 65.6 Å². The zero-order chi connectivity index (χ0) is 30.3. The zero-order valence-electron chi connectivity index (χ0n) is 21.9. The van der Waals surface area contributed by atoms with E-state index in [9.17, 15) is 34.4 Å². The average Bonchev–Trinajstić information content (AvgIpc) is 2.86. The normalized spacial score (nSPS) is 17.1. The van der Waals surface area contributed by atoms with Crippen molar-refractivity contribution in [1.29, 1.82) is 0 Å². The van der Waals surface area contributed by atoms with Gasteiger partial charge in [-0.25, -0.2) is 25.9 Å². The van der Waals surface area contributed by atoms with Crippen molar-refractivity contribution in [2.45, 2.75) is 37.1 Å². The molecule has 0 saturated heterocycles. The molecule has 3 aromatic rings. The number of nitrogens with one attached hydrogen (secondary N) is 1. The van der Waals surface area contributed by atoms with Gasteiger partial charge in [0.15, 0.2) is 0 Å². The Labute approximate surface area is 240 Å². The highest BCUT2D eigenvalue weighted by Gasteiger charge is 2.39. The van der Waals surface area contributed by atoms with Crippen molar-refractivity contribution < 1.29 is 39.1 Å². The summed E-state index contributed by atoms with van der Waals surface area (Å²) in [4.78, 5) is -0.613. The van der Waals surface area contributed by atoms with Gasteiger partial charge < -0.3 is 4.74 Å². The second kappa shape index (κ2) is 11.3. The molecule has 3 aromatic carbocycles. The SMILES string of the molecule is CC(=Cc1ccc2c(c1)N(S(=O)(=O)c1cccc(C(F)(F)F)c1)CC([C@@H](C)NS(C)(=O)=O)O2)c1c(F)cccc1Cl. The van der Waals surface area contributed by atoms with E-state index in [0.29, 0.717) is 17.2 Å². The van der Waals surface area contributed by atoms with Crippen LogP contribution in [-0.2, 0) is 26.2 Å². The molecule has 0 bridgehead atoms. The van der Waals surface area contributed by atoms with Gasteiger partial charge in [-0.05, 0) is 67.4 Å². The average molecular weight is 633 g/mol. The lowest BCUT2D eigenvalue weighted by atomic mass is 10.0. The highest BCUT2D eigenvalue weighted by atomic mass is 35.5. The highest BCUT2D eigenvalue weighted by molar-refractivity contribution is 7.92. The second-order valence-electron chi connectivity index (χ2n) is 9.55. The maximum atomic E-state index is 14.5. The Bertz CT molecular complexity index is 1710. The summed E-state index contributed by atoms with van der Waals surface area (Å²) in [6.07, 6.45) is -3.31. The van der Waals surface area contributed by atoms with Crippen LogP contribution in [0, 0.1) is 5.82 Å². The number of sulfonamides is 2. The van der Waals surface area contributed by atoms with Gasteiger partial charge in [0.05, 0.1) is 40.0 Å². The number of ether oxygens (including phenoxy) is 1. The number of benzene rings is 3. The minimum Gasteiger partial charge on any atom is -0.485 e. The number of hydrogen-bond acceptors (Lipinski definition) is 5. The van der Waals surface area contributed by atoms with Crippen LogP contribution in [0.5, 0.6) is 5.75 Å². The monoisotopic (exact) mass is 632 g/mol. The van der Waals surface area contributed by atoms with E-state index in [1.54, 1.807) is 19.1 Å². The van der Waals surface area contributed by atoms with Gasteiger partial charge in [0.2, 0.25) is 10.0 Å². The maximum Gasteiger partial charge on any atom is 0.416 e. The van der Waals surface area contributed by atoms with E-state index in [0.717, 1.165) is 28.8 Å². The predicted octanol–water partition coefficient (Wildman–Crippen LogP) is 5.95. The fourth-order valence-electron chi connectivity index (χ4n) is 4.44. The van der Waals surface area contributed by atoms with Crippen molar-refractivity contribution in [2.24, 2.45) is 0 Å². The lowest BCUT2D eigenvalue weighted by Gasteiger charge is -2.38. The molecule has 0 aromatic heterocycles. The Balaban J connectivity index is 1.83. The fraction of sp³-hybridized carbons (Fsp3) is 0.259. The van der Waals surface area contributed by atoms with Gasteiger partial charge in [-0.1, -0.05) is 35.9 Å². The first-order chi connectivity index (χ1) is 19.0. The van der Waals surface area contributed by atoms with Crippen molar-refractivity contribution >= 4 is 49.0 Å². The number of fused-ring (bicyclic) bond motifs is 1. The van der Waals surface area contributed by atoms with Gasteiger partial charge in [-0.2, -0.15) is 13.2 Å². The van der Waals surface area contributed by atoms with Crippen LogP contribution in [0.25, 0.3) is 11.6 Å². The number of hydrogen-bond donors (Lipinski definition) is 1.